The Morgan fingerprint density at radius 1 is 1.08 bits per heavy atom. The first-order chi connectivity index (χ1) is 12.3. The fourth-order valence-electron chi connectivity index (χ4n) is 3.84. The highest BCUT2D eigenvalue weighted by Crippen LogP contribution is 2.29. The molecule has 25 heavy (non-hydrogen) atoms. The first-order valence-corrected chi connectivity index (χ1v) is 8.66. The van der Waals surface area contributed by atoms with Gasteiger partial charge in [-0.15, -0.1) is 0 Å². The summed E-state index contributed by atoms with van der Waals surface area (Å²) in [5.41, 5.74) is 1.49. The number of nitrogens with zero attached hydrogens (tertiary/aromatic N) is 6. The second-order valence-corrected chi connectivity index (χ2v) is 6.60. The lowest BCUT2D eigenvalue weighted by atomic mass is 10.0. The van der Waals surface area contributed by atoms with Crippen LogP contribution in [-0.4, -0.2) is 51.2 Å². The number of hydrogen-bond acceptors (Lipinski definition) is 5. The Morgan fingerprint density at radius 2 is 1.84 bits per heavy atom. The van der Waals surface area contributed by atoms with Crippen LogP contribution in [0, 0.1) is 11.3 Å². The van der Waals surface area contributed by atoms with Gasteiger partial charge in [0.25, 0.3) is 0 Å². The van der Waals surface area contributed by atoms with Gasteiger partial charge in [0, 0.05) is 25.3 Å². The van der Waals surface area contributed by atoms with Crippen molar-refractivity contribution in [2.45, 2.75) is 31.3 Å². The van der Waals surface area contributed by atoms with Crippen molar-refractivity contribution in [2.75, 3.05) is 24.5 Å². The minimum absolute atomic E-state index is 0.0349. The molecule has 0 unspecified atom stereocenters. The molecule has 0 N–H and O–H groups in total. The molecular formula is C18H20N6O. The van der Waals surface area contributed by atoms with E-state index < -0.39 is 0 Å². The van der Waals surface area contributed by atoms with Crippen LogP contribution in [0.4, 0.5) is 5.69 Å². The number of carbonyl (C=O) groups excluding carboxylic acids is 1. The molecule has 2 aliphatic rings. The number of carbonyl (C=O) groups is 1. The molecule has 0 bridgehead atoms. The first-order valence-electron chi connectivity index (χ1n) is 8.66. The molecule has 1 aromatic heterocycles. The maximum absolute atomic E-state index is 12.9. The molecule has 2 saturated heterocycles. The minimum atomic E-state index is -0.0349. The van der Waals surface area contributed by atoms with E-state index in [0.717, 1.165) is 44.6 Å². The summed E-state index contributed by atoms with van der Waals surface area (Å²) in [4.78, 5) is 21.0. The number of nitriles is 1. The molecule has 0 spiro atoms. The van der Waals surface area contributed by atoms with E-state index in [9.17, 15) is 4.79 Å². The molecule has 1 atom stereocenters. The summed E-state index contributed by atoms with van der Waals surface area (Å²) in [5.74, 6) is 0.170. The molecule has 7 nitrogen and oxygen atoms in total. The normalized spacial score (nSPS) is 22.3. The summed E-state index contributed by atoms with van der Waals surface area (Å²) in [7, 11) is 0. The van der Waals surface area contributed by atoms with Crippen LogP contribution in [0.5, 0.6) is 0 Å². The average Bonchev–Trinajstić information content (AvgIpc) is 3.32. The fraction of sp³-hybridized carbons (Fsp3) is 0.444. The highest BCUT2D eigenvalue weighted by molar-refractivity contribution is 5.99. The Balaban J connectivity index is 1.39. The van der Waals surface area contributed by atoms with Crippen molar-refractivity contribution in [3.63, 3.8) is 0 Å². The standard InChI is InChI=1S/C18H20N6O/c19-11-14-1-3-15(4-2-14)23-10-7-17(18(23)25)22-8-5-16(6-9-22)24-13-20-12-21-24/h1-4,12-13,16-17H,5-10H2/t17-/m1/s1. The summed E-state index contributed by atoms with van der Waals surface area (Å²) >= 11 is 0. The number of benzene rings is 1. The third kappa shape index (κ3) is 3.01. The lowest BCUT2D eigenvalue weighted by Gasteiger charge is -2.35. The van der Waals surface area contributed by atoms with E-state index >= 15 is 0 Å². The number of aromatic nitrogens is 3. The monoisotopic (exact) mass is 336 g/mol. The van der Waals surface area contributed by atoms with Crippen molar-refractivity contribution in [3.05, 3.63) is 42.5 Å². The van der Waals surface area contributed by atoms with E-state index in [1.807, 2.05) is 21.7 Å². The zero-order valence-corrected chi connectivity index (χ0v) is 14.0. The molecular weight excluding hydrogens is 316 g/mol. The number of piperidine rings is 1. The summed E-state index contributed by atoms with van der Waals surface area (Å²) in [6, 6.07) is 9.69. The largest absolute Gasteiger partial charge is 0.311 e. The van der Waals surface area contributed by atoms with E-state index in [0.29, 0.717) is 11.6 Å². The van der Waals surface area contributed by atoms with Gasteiger partial charge in [0.05, 0.1) is 23.7 Å². The molecule has 3 heterocycles. The zero-order chi connectivity index (χ0) is 17.2. The van der Waals surface area contributed by atoms with Crippen molar-refractivity contribution in [1.29, 1.82) is 5.26 Å². The predicted molar refractivity (Wildman–Crippen MR) is 91.8 cm³/mol. The molecule has 0 radical (unpaired) electrons. The topological polar surface area (TPSA) is 78.1 Å². The van der Waals surface area contributed by atoms with E-state index in [-0.39, 0.29) is 11.9 Å². The van der Waals surface area contributed by atoms with Crippen LogP contribution in [-0.2, 0) is 4.79 Å². The molecule has 0 saturated carbocycles. The highest BCUT2D eigenvalue weighted by atomic mass is 16.2. The Hall–Kier alpha value is -2.72. The molecule has 7 heteroatoms. The summed E-state index contributed by atoms with van der Waals surface area (Å²) < 4.78 is 1.93. The van der Waals surface area contributed by atoms with E-state index in [4.69, 9.17) is 5.26 Å². The van der Waals surface area contributed by atoms with Gasteiger partial charge in [-0.05, 0) is 43.5 Å². The average molecular weight is 336 g/mol. The van der Waals surface area contributed by atoms with Crippen LogP contribution >= 0.6 is 0 Å². The molecule has 1 aromatic carbocycles. The number of hydrogen-bond donors (Lipinski definition) is 0. The minimum Gasteiger partial charge on any atom is -0.311 e. The molecule has 128 valence electrons. The van der Waals surface area contributed by atoms with Gasteiger partial charge in [0.1, 0.15) is 12.7 Å². The highest BCUT2D eigenvalue weighted by Gasteiger charge is 2.38. The second-order valence-electron chi connectivity index (χ2n) is 6.60. The fourth-order valence-corrected chi connectivity index (χ4v) is 3.84. The third-order valence-corrected chi connectivity index (χ3v) is 5.24. The number of rotatable bonds is 3. The Morgan fingerprint density at radius 3 is 2.48 bits per heavy atom. The molecule has 0 aliphatic carbocycles. The van der Waals surface area contributed by atoms with E-state index in [1.54, 1.807) is 24.8 Å². The number of amides is 1. The molecule has 2 aliphatic heterocycles. The van der Waals surface area contributed by atoms with Gasteiger partial charge < -0.3 is 4.90 Å². The lowest BCUT2D eigenvalue weighted by Crippen LogP contribution is -2.46. The van der Waals surface area contributed by atoms with Gasteiger partial charge in [0.2, 0.25) is 5.91 Å². The van der Waals surface area contributed by atoms with Crippen molar-refractivity contribution in [3.8, 4) is 6.07 Å². The summed E-state index contributed by atoms with van der Waals surface area (Å²) in [5, 5.41) is 13.1. The molecule has 2 aromatic rings. The maximum Gasteiger partial charge on any atom is 0.244 e. The first kappa shape index (κ1) is 15.8. The number of likely N-dealkylation sites (tertiary alicyclic amines) is 1. The Bertz CT molecular complexity index is 771. The van der Waals surface area contributed by atoms with Gasteiger partial charge >= 0.3 is 0 Å². The third-order valence-electron chi connectivity index (χ3n) is 5.24. The molecule has 1 amide bonds. The number of anilines is 1. The second kappa shape index (κ2) is 6.65. The van der Waals surface area contributed by atoms with Crippen LogP contribution in [0.25, 0.3) is 0 Å². The van der Waals surface area contributed by atoms with E-state index in [1.165, 1.54) is 0 Å². The van der Waals surface area contributed by atoms with Crippen molar-refractivity contribution in [1.82, 2.24) is 19.7 Å². The predicted octanol–water partition coefficient (Wildman–Crippen LogP) is 1.59. The van der Waals surface area contributed by atoms with Crippen molar-refractivity contribution in [2.24, 2.45) is 0 Å². The Labute approximate surface area is 146 Å². The quantitative estimate of drug-likeness (QED) is 0.850. The summed E-state index contributed by atoms with van der Waals surface area (Å²) in [6.45, 7) is 2.54. The SMILES string of the molecule is N#Cc1ccc(N2CC[C@@H](N3CCC(n4cncn4)CC3)C2=O)cc1. The van der Waals surface area contributed by atoms with Crippen LogP contribution < -0.4 is 4.90 Å². The smallest absolute Gasteiger partial charge is 0.244 e. The lowest BCUT2D eigenvalue weighted by molar-refractivity contribution is -0.122. The van der Waals surface area contributed by atoms with Crippen LogP contribution in [0.3, 0.4) is 0 Å². The van der Waals surface area contributed by atoms with Gasteiger partial charge in [-0.3, -0.25) is 9.69 Å². The summed E-state index contributed by atoms with van der Waals surface area (Å²) in [6.07, 6.45) is 6.18. The van der Waals surface area contributed by atoms with Gasteiger partial charge in [0.15, 0.2) is 0 Å². The van der Waals surface area contributed by atoms with Crippen LogP contribution in [0.1, 0.15) is 30.9 Å². The van der Waals surface area contributed by atoms with E-state index in [2.05, 4.69) is 21.1 Å². The van der Waals surface area contributed by atoms with Gasteiger partial charge in [-0.1, -0.05) is 0 Å². The Kier molecular flexibility index (Phi) is 4.20. The van der Waals surface area contributed by atoms with Crippen molar-refractivity contribution < 1.29 is 4.79 Å². The van der Waals surface area contributed by atoms with Crippen LogP contribution in [0.15, 0.2) is 36.9 Å². The molecule has 4 rings (SSSR count). The molecule has 2 fully saturated rings. The van der Waals surface area contributed by atoms with Gasteiger partial charge in [-0.2, -0.15) is 10.4 Å². The van der Waals surface area contributed by atoms with Gasteiger partial charge in [-0.25, -0.2) is 9.67 Å². The zero-order valence-electron chi connectivity index (χ0n) is 14.0. The van der Waals surface area contributed by atoms with Crippen LogP contribution in [0.2, 0.25) is 0 Å². The maximum atomic E-state index is 12.9. The van der Waals surface area contributed by atoms with Crippen molar-refractivity contribution >= 4 is 11.6 Å².